The van der Waals surface area contributed by atoms with Crippen molar-refractivity contribution in [2.75, 3.05) is 12.8 Å². The monoisotopic (exact) mass is 287 g/mol. The predicted octanol–water partition coefficient (Wildman–Crippen LogP) is 2.97. The van der Waals surface area contributed by atoms with Crippen LogP contribution >= 0.6 is 12.4 Å². The molecule has 1 aromatic rings. The fourth-order valence-electron chi connectivity index (χ4n) is 1.60. The topological polar surface area (TPSA) is 61.5 Å². The number of rotatable bonds is 4. The number of nitrogen functional groups attached to an aromatic ring is 1. The number of halogens is 1. The van der Waals surface area contributed by atoms with Crippen molar-refractivity contribution in [3.05, 3.63) is 23.8 Å². The zero-order valence-electron chi connectivity index (χ0n) is 11.9. The number of carbonyl (C=O) groups is 1. The van der Waals surface area contributed by atoms with Gasteiger partial charge in [-0.1, -0.05) is 6.07 Å². The maximum atomic E-state index is 11.2. The van der Waals surface area contributed by atoms with Gasteiger partial charge in [0.25, 0.3) is 0 Å². The molecule has 1 rings (SSSR count). The third-order valence-corrected chi connectivity index (χ3v) is 2.39. The Hall–Kier alpha value is -1.42. The summed E-state index contributed by atoms with van der Waals surface area (Å²) < 4.78 is 10.5. The van der Waals surface area contributed by atoms with E-state index in [1.165, 1.54) is 7.11 Å². The van der Waals surface area contributed by atoms with Crippen LogP contribution in [0.25, 0.3) is 0 Å². The van der Waals surface area contributed by atoms with Crippen LogP contribution in [0.5, 0.6) is 5.75 Å². The Morgan fingerprint density at radius 2 is 1.95 bits per heavy atom. The van der Waals surface area contributed by atoms with E-state index in [0.717, 1.165) is 11.3 Å². The lowest BCUT2D eigenvalue weighted by molar-refractivity contribution is -0.140. The highest BCUT2D eigenvalue weighted by Crippen LogP contribution is 2.28. The first-order valence-electron chi connectivity index (χ1n) is 5.96. The van der Waals surface area contributed by atoms with E-state index < -0.39 is 0 Å². The zero-order valence-corrected chi connectivity index (χ0v) is 12.7. The van der Waals surface area contributed by atoms with Crippen LogP contribution in [-0.4, -0.2) is 18.7 Å². The van der Waals surface area contributed by atoms with E-state index in [0.29, 0.717) is 18.5 Å². The summed E-state index contributed by atoms with van der Waals surface area (Å²) in [4.78, 5) is 11.2. The van der Waals surface area contributed by atoms with Crippen LogP contribution in [0.1, 0.15) is 32.8 Å². The lowest BCUT2D eigenvalue weighted by Gasteiger charge is -2.24. The number of ether oxygens (including phenoxy) is 2. The molecule has 0 aliphatic carbocycles. The van der Waals surface area contributed by atoms with Crippen LogP contribution < -0.4 is 10.5 Å². The van der Waals surface area contributed by atoms with Crippen molar-refractivity contribution in [2.24, 2.45) is 0 Å². The number of benzene rings is 1. The summed E-state index contributed by atoms with van der Waals surface area (Å²) >= 11 is 0. The van der Waals surface area contributed by atoms with E-state index in [9.17, 15) is 4.79 Å². The minimum atomic E-state index is -0.298. The van der Waals surface area contributed by atoms with Crippen molar-refractivity contribution in [3.63, 3.8) is 0 Å². The molecule has 2 N–H and O–H groups in total. The van der Waals surface area contributed by atoms with Gasteiger partial charge < -0.3 is 15.2 Å². The maximum Gasteiger partial charge on any atom is 0.305 e. The maximum absolute atomic E-state index is 11.2. The van der Waals surface area contributed by atoms with Crippen LogP contribution in [0, 0.1) is 0 Å². The number of esters is 1. The molecule has 19 heavy (non-hydrogen) atoms. The number of methoxy groups -OCH3 is 1. The lowest BCUT2D eigenvalue weighted by atomic mass is 10.1. The summed E-state index contributed by atoms with van der Waals surface area (Å²) in [5.74, 6) is 0.478. The van der Waals surface area contributed by atoms with Crippen LogP contribution in [0.4, 0.5) is 5.69 Å². The van der Waals surface area contributed by atoms with Gasteiger partial charge in [-0.15, -0.1) is 12.4 Å². The Bertz CT molecular complexity index is 427. The molecule has 108 valence electrons. The van der Waals surface area contributed by atoms with Gasteiger partial charge in [0.15, 0.2) is 0 Å². The van der Waals surface area contributed by atoms with Crippen LogP contribution in [0.3, 0.4) is 0 Å². The highest BCUT2D eigenvalue weighted by atomic mass is 35.5. The first kappa shape index (κ1) is 17.6. The number of anilines is 1. The average Bonchev–Trinajstić information content (AvgIpc) is 2.25. The molecule has 0 spiro atoms. The molecule has 0 aromatic heterocycles. The molecule has 4 nitrogen and oxygen atoms in total. The van der Waals surface area contributed by atoms with E-state index >= 15 is 0 Å². The minimum absolute atomic E-state index is 0. The second-order valence-corrected chi connectivity index (χ2v) is 5.11. The summed E-state index contributed by atoms with van der Waals surface area (Å²) in [5.41, 5.74) is 7.14. The Balaban J connectivity index is 0.00000324. The second kappa shape index (κ2) is 7.24. The Morgan fingerprint density at radius 3 is 2.47 bits per heavy atom. The van der Waals surface area contributed by atoms with Gasteiger partial charge in [0.2, 0.25) is 0 Å². The summed E-state index contributed by atoms with van der Waals surface area (Å²) in [7, 11) is 1.38. The molecular formula is C14H22ClNO3. The van der Waals surface area contributed by atoms with E-state index in [1.54, 1.807) is 0 Å². The third kappa shape index (κ3) is 5.83. The van der Waals surface area contributed by atoms with Gasteiger partial charge >= 0.3 is 5.97 Å². The molecule has 0 aliphatic rings. The third-order valence-electron chi connectivity index (χ3n) is 2.39. The van der Waals surface area contributed by atoms with Gasteiger partial charge in [0, 0.05) is 17.7 Å². The SMILES string of the molecule is COC(=O)CCc1c(N)cccc1OC(C)(C)C.Cl. The van der Waals surface area contributed by atoms with Gasteiger partial charge in [-0.05, 0) is 39.3 Å². The molecule has 0 heterocycles. The van der Waals surface area contributed by atoms with Crippen LogP contribution in [-0.2, 0) is 16.0 Å². The Kier molecular flexibility index (Phi) is 6.70. The molecule has 0 amide bonds. The van der Waals surface area contributed by atoms with Crippen LogP contribution in [0.15, 0.2) is 18.2 Å². The first-order valence-corrected chi connectivity index (χ1v) is 5.96. The number of hydrogen-bond donors (Lipinski definition) is 1. The average molecular weight is 288 g/mol. The zero-order chi connectivity index (χ0) is 13.8. The van der Waals surface area contributed by atoms with Crippen molar-refractivity contribution in [2.45, 2.75) is 39.2 Å². The van der Waals surface area contributed by atoms with E-state index in [-0.39, 0.29) is 24.0 Å². The highest BCUT2D eigenvalue weighted by molar-refractivity contribution is 5.85. The number of nitrogens with two attached hydrogens (primary N) is 1. The fourth-order valence-corrected chi connectivity index (χ4v) is 1.60. The normalized spacial score (nSPS) is 10.5. The van der Waals surface area contributed by atoms with Gasteiger partial charge in [-0.3, -0.25) is 4.79 Å². The van der Waals surface area contributed by atoms with Crippen molar-refractivity contribution < 1.29 is 14.3 Å². The molecule has 0 radical (unpaired) electrons. The molecule has 0 saturated heterocycles. The summed E-state index contributed by atoms with van der Waals surface area (Å²) in [6, 6.07) is 5.52. The van der Waals surface area contributed by atoms with E-state index in [4.69, 9.17) is 10.5 Å². The molecule has 0 aliphatic heterocycles. The van der Waals surface area contributed by atoms with Gasteiger partial charge in [0.05, 0.1) is 7.11 Å². The van der Waals surface area contributed by atoms with Gasteiger partial charge in [-0.25, -0.2) is 0 Å². The number of carbonyl (C=O) groups excluding carboxylic acids is 1. The van der Waals surface area contributed by atoms with E-state index in [2.05, 4.69) is 4.74 Å². The highest BCUT2D eigenvalue weighted by Gasteiger charge is 2.16. The second-order valence-electron chi connectivity index (χ2n) is 5.11. The van der Waals surface area contributed by atoms with Crippen molar-refractivity contribution >= 4 is 24.1 Å². The fraction of sp³-hybridized carbons (Fsp3) is 0.500. The minimum Gasteiger partial charge on any atom is -0.488 e. The summed E-state index contributed by atoms with van der Waals surface area (Å²) in [6.45, 7) is 5.92. The summed E-state index contributed by atoms with van der Waals surface area (Å²) in [5, 5.41) is 0. The van der Waals surface area contributed by atoms with Crippen molar-refractivity contribution in [1.82, 2.24) is 0 Å². The van der Waals surface area contributed by atoms with E-state index in [1.807, 2.05) is 39.0 Å². The lowest BCUT2D eigenvalue weighted by Crippen LogP contribution is -2.24. The molecule has 0 unspecified atom stereocenters. The smallest absolute Gasteiger partial charge is 0.305 e. The van der Waals surface area contributed by atoms with Gasteiger partial charge in [-0.2, -0.15) is 0 Å². The molecule has 5 heteroatoms. The molecule has 0 fully saturated rings. The number of hydrogen-bond acceptors (Lipinski definition) is 4. The standard InChI is InChI=1S/C14H21NO3.ClH/c1-14(2,3)18-12-7-5-6-11(15)10(12)8-9-13(16)17-4;/h5-7H,8-9,15H2,1-4H3;1H. The van der Waals surface area contributed by atoms with Crippen LogP contribution in [0.2, 0.25) is 0 Å². The summed E-state index contributed by atoms with van der Waals surface area (Å²) in [6.07, 6.45) is 0.815. The Morgan fingerprint density at radius 1 is 1.32 bits per heavy atom. The molecule has 0 atom stereocenters. The largest absolute Gasteiger partial charge is 0.488 e. The predicted molar refractivity (Wildman–Crippen MR) is 78.8 cm³/mol. The van der Waals surface area contributed by atoms with Crippen molar-refractivity contribution in [1.29, 1.82) is 0 Å². The molecular weight excluding hydrogens is 266 g/mol. The molecule has 0 saturated carbocycles. The Labute approximate surface area is 120 Å². The van der Waals surface area contributed by atoms with Gasteiger partial charge in [0.1, 0.15) is 11.4 Å². The molecule has 0 bridgehead atoms. The molecule has 1 aromatic carbocycles. The van der Waals surface area contributed by atoms with Crippen molar-refractivity contribution in [3.8, 4) is 5.75 Å². The quantitative estimate of drug-likeness (QED) is 0.683. The first-order chi connectivity index (χ1) is 8.33.